The SMILES string of the molecule is CN1C(=O)O[C@H]2[C@H]3NC(=O)O[C@@H]3[C@@H](O)[C@H](O)[C@H]21. The molecule has 3 rings (SSSR count). The number of fused-ring (bicyclic) bond motifs is 3. The molecule has 2 saturated heterocycles. The lowest BCUT2D eigenvalue weighted by Crippen LogP contribution is -2.65. The number of carbonyl (C=O) groups excluding carboxylic acids is 2. The van der Waals surface area contributed by atoms with Crippen LogP contribution >= 0.6 is 0 Å². The number of hydrogen-bond donors (Lipinski definition) is 3. The van der Waals surface area contributed by atoms with Gasteiger partial charge >= 0.3 is 12.2 Å². The summed E-state index contributed by atoms with van der Waals surface area (Å²) < 4.78 is 9.94. The molecule has 2 heterocycles. The molecule has 0 aromatic heterocycles. The molecule has 3 fully saturated rings. The fourth-order valence-corrected chi connectivity index (χ4v) is 2.72. The molecule has 2 aliphatic heterocycles. The van der Waals surface area contributed by atoms with E-state index in [9.17, 15) is 19.8 Å². The molecule has 0 unspecified atom stereocenters. The summed E-state index contributed by atoms with van der Waals surface area (Å²) in [7, 11) is 1.47. The largest absolute Gasteiger partial charge is 0.441 e. The molecule has 94 valence electrons. The maximum atomic E-state index is 11.4. The summed E-state index contributed by atoms with van der Waals surface area (Å²) in [5, 5.41) is 22.3. The van der Waals surface area contributed by atoms with Crippen LogP contribution in [0.5, 0.6) is 0 Å². The van der Waals surface area contributed by atoms with Crippen LogP contribution in [-0.2, 0) is 9.47 Å². The van der Waals surface area contributed by atoms with Crippen molar-refractivity contribution in [1.82, 2.24) is 10.2 Å². The lowest BCUT2D eigenvalue weighted by molar-refractivity contribution is -0.123. The zero-order chi connectivity index (χ0) is 12.3. The van der Waals surface area contributed by atoms with Gasteiger partial charge in [0.15, 0.2) is 12.2 Å². The van der Waals surface area contributed by atoms with Crippen molar-refractivity contribution in [1.29, 1.82) is 0 Å². The average Bonchev–Trinajstić information content (AvgIpc) is 2.79. The van der Waals surface area contributed by atoms with Gasteiger partial charge in [-0.05, 0) is 0 Å². The molecule has 3 aliphatic rings. The van der Waals surface area contributed by atoms with Gasteiger partial charge in [0.1, 0.15) is 24.3 Å². The van der Waals surface area contributed by atoms with E-state index in [2.05, 4.69) is 5.32 Å². The number of ether oxygens (including phenoxy) is 2. The molecule has 0 aromatic carbocycles. The highest BCUT2D eigenvalue weighted by molar-refractivity contribution is 5.73. The Morgan fingerprint density at radius 3 is 2.59 bits per heavy atom. The minimum Gasteiger partial charge on any atom is -0.441 e. The highest BCUT2D eigenvalue weighted by atomic mass is 16.6. The van der Waals surface area contributed by atoms with Crippen LogP contribution in [0.1, 0.15) is 0 Å². The summed E-state index contributed by atoms with van der Waals surface area (Å²) in [5.74, 6) is 0. The number of likely N-dealkylation sites (N-methyl/N-ethyl adjacent to an activating group) is 1. The van der Waals surface area contributed by atoms with Crippen LogP contribution < -0.4 is 5.32 Å². The topological polar surface area (TPSA) is 108 Å². The van der Waals surface area contributed by atoms with E-state index >= 15 is 0 Å². The predicted molar refractivity (Wildman–Crippen MR) is 51.0 cm³/mol. The number of nitrogens with one attached hydrogen (secondary N) is 1. The van der Waals surface area contributed by atoms with E-state index in [0.717, 1.165) is 0 Å². The van der Waals surface area contributed by atoms with Crippen molar-refractivity contribution in [2.45, 2.75) is 36.5 Å². The van der Waals surface area contributed by atoms with E-state index in [4.69, 9.17) is 9.47 Å². The smallest absolute Gasteiger partial charge is 0.410 e. The van der Waals surface area contributed by atoms with Crippen LogP contribution in [0.3, 0.4) is 0 Å². The third-order valence-electron chi connectivity index (χ3n) is 3.58. The Morgan fingerprint density at radius 1 is 1.18 bits per heavy atom. The number of nitrogens with zero attached hydrogens (tertiary/aromatic N) is 1. The van der Waals surface area contributed by atoms with E-state index in [1.807, 2.05) is 0 Å². The molecule has 8 heteroatoms. The highest BCUT2D eigenvalue weighted by Gasteiger charge is 2.61. The second-order valence-electron chi connectivity index (χ2n) is 4.47. The average molecular weight is 244 g/mol. The molecule has 6 atom stereocenters. The lowest BCUT2D eigenvalue weighted by Gasteiger charge is -2.39. The maximum Gasteiger partial charge on any atom is 0.410 e. The van der Waals surface area contributed by atoms with Crippen LogP contribution in [0.25, 0.3) is 0 Å². The zero-order valence-corrected chi connectivity index (χ0v) is 8.94. The lowest BCUT2D eigenvalue weighted by atomic mass is 9.82. The number of amides is 2. The van der Waals surface area contributed by atoms with Crippen molar-refractivity contribution < 1.29 is 29.3 Å². The summed E-state index contributed by atoms with van der Waals surface area (Å²) in [6.07, 6.45) is -5.31. The third-order valence-corrected chi connectivity index (χ3v) is 3.58. The van der Waals surface area contributed by atoms with E-state index in [0.29, 0.717) is 0 Å². The van der Waals surface area contributed by atoms with Crippen molar-refractivity contribution in [3.8, 4) is 0 Å². The molecule has 0 radical (unpaired) electrons. The van der Waals surface area contributed by atoms with Gasteiger partial charge in [-0.25, -0.2) is 9.59 Å². The van der Waals surface area contributed by atoms with Crippen molar-refractivity contribution in [2.24, 2.45) is 0 Å². The standard InChI is InChI=1S/C9H12N2O6/c1-11-3-4(12)5(13)7-2(10-8(14)16-7)6(3)17-9(11)15/h2-7,12-13H,1H3,(H,10,14)/t2-,3-,4-,5+,6+,7+/m1/s1. The van der Waals surface area contributed by atoms with Crippen LogP contribution in [0.15, 0.2) is 0 Å². The second-order valence-corrected chi connectivity index (χ2v) is 4.47. The van der Waals surface area contributed by atoms with Gasteiger partial charge in [-0.1, -0.05) is 0 Å². The van der Waals surface area contributed by atoms with Crippen molar-refractivity contribution >= 4 is 12.2 Å². The van der Waals surface area contributed by atoms with E-state index in [-0.39, 0.29) is 0 Å². The van der Waals surface area contributed by atoms with E-state index < -0.39 is 48.7 Å². The van der Waals surface area contributed by atoms with E-state index in [1.54, 1.807) is 0 Å². The number of carbonyl (C=O) groups is 2. The van der Waals surface area contributed by atoms with Crippen molar-refractivity contribution in [3.63, 3.8) is 0 Å². The molecule has 17 heavy (non-hydrogen) atoms. The molecule has 2 amide bonds. The van der Waals surface area contributed by atoms with Crippen LogP contribution in [0, 0.1) is 0 Å². The van der Waals surface area contributed by atoms with Crippen molar-refractivity contribution in [2.75, 3.05) is 7.05 Å². The highest BCUT2D eigenvalue weighted by Crippen LogP contribution is 2.35. The van der Waals surface area contributed by atoms with Crippen LogP contribution in [-0.4, -0.2) is 70.8 Å². The van der Waals surface area contributed by atoms with Gasteiger partial charge in [-0.2, -0.15) is 0 Å². The number of aliphatic hydroxyl groups is 2. The molecule has 8 nitrogen and oxygen atoms in total. The van der Waals surface area contributed by atoms with Gasteiger partial charge in [-0.15, -0.1) is 0 Å². The molecule has 0 bridgehead atoms. The number of hydrogen-bond acceptors (Lipinski definition) is 6. The van der Waals surface area contributed by atoms with Crippen LogP contribution in [0.2, 0.25) is 0 Å². The summed E-state index contributed by atoms with van der Waals surface area (Å²) in [6, 6.07) is -1.31. The molecular weight excluding hydrogens is 232 g/mol. The minimum atomic E-state index is -1.24. The fraction of sp³-hybridized carbons (Fsp3) is 0.778. The monoisotopic (exact) mass is 244 g/mol. The minimum absolute atomic E-state index is 0.590. The Labute approximate surface area is 96.1 Å². The summed E-state index contributed by atoms with van der Waals surface area (Å²) in [5.41, 5.74) is 0. The molecule has 1 aliphatic carbocycles. The molecule has 1 saturated carbocycles. The fourth-order valence-electron chi connectivity index (χ4n) is 2.72. The van der Waals surface area contributed by atoms with Gasteiger partial charge in [0, 0.05) is 7.05 Å². The molecular formula is C9H12N2O6. The predicted octanol–water partition coefficient (Wildman–Crippen LogP) is -1.98. The Morgan fingerprint density at radius 2 is 1.88 bits per heavy atom. The molecule has 0 aromatic rings. The Kier molecular flexibility index (Phi) is 2.02. The van der Waals surface area contributed by atoms with E-state index in [1.165, 1.54) is 11.9 Å². The quantitative estimate of drug-likeness (QED) is 0.455. The van der Waals surface area contributed by atoms with Gasteiger partial charge in [-0.3, -0.25) is 0 Å². The number of rotatable bonds is 0. The van der Waals surface area contributed by atoms with Crippen molar-refractivity contribution in [3.05, 3.63) is 0 Å². The Hall–Kier alpha value is -1.54. The first-order valence-electron chi connectivity index (χ1n) is 5.27. The normalized spacial score (nSPS) is 48.1. The third kappa shape index (κ3) is 1.25. The zero-order valence-electron chi connectivity index (χ0n) is 8.94. The first kappa shape index (κ1) is 10.6. The number of aliphatic hydroxyl groups excluding tert-OH is 2. The molecule has 3 N–H and O–H groups in total. The van der Waals surface area contributed by atoms with Crippen LogP contribution in [0.4, 0.5) is 9.59 Å². The Bertz CT molecular complexity index is 388. The van der Waals surface area contributed by atoms with Gasteiger partial charge in [0.2, 0.25) is 0 Å². The number of alkyl carbamates (subject to hydrolysis) is 1. The summed E-state index contributed by atoms with van der Waals surface area (Å²) >= 11 is 0. The van der Waals surface area contributed by atoms with Gasteiger partial charge < -0.3 is 29.9 Å². The van der Waals surface area contributed by atoms with Gasteiger partial charge in [0.25, 0.3) is 0 Å². The summed E-state index contributed by atoms with van der Waals surface area (Å²) in [6.45, 7) is 0. The first-order chi connectivity index (χ1) is 8.00. The second kappa shape index (κ2) is 3.23. The van der Waals surface area contributed by atoms with Gasteiger partial charge in [0.05, 0.1) is 0 Å². The summed E-state index contributed by atoms with van der Waals surface area (Å²) in [4.78, 5) is 23.8. The maximum absolute atomic E-state index is 11.4. The molecule has 0 spiro atoms. The Balaban J connectivity index is 1.96. The first-order valence-corrected chi connectivity index (χ1v) is 5.27.